The summed E-state index contributed by atoms with van der Waals surface area (Å²) in [5.74, 6) is 1.79. The fraction of sp³-hybridized carbons (Fsp3) is 0.471. The quantitative estimate of drug-likeness (QED) is 0.655. The van der Waals surface area contributed by atoms with E-state index < -0.39 is 0 Å². The number of benzene rings is 1. The van der Waals surface area contributed by atoms with E-state index in [9.17, 15) is 0 Å². The van der Waals surface area contributed by atoms with Gasteiger partial charge in [-0.2, -0.15) is 0 Å². The Morgan fingerprint density at radius 2 is 1.70 bits per heavy atom. The Morgan fingerprint density at radius 1 is 1.10 bits per heavy atom. The second-order valence-corrected chi connectivity index (χ2v) is 4.89. The highest BCUT2D eigenvalue weighted by atomic mass is 35.5. The molecule has 3 heteroatoms. The van der Waals surface area contributed by atoms with Crippen molar-refractivity contribution in [2.45, 2.75) is 34.6 Å². The largest absolute Gasteiger partial charge is 0.355 e. The van der Waals surface area contributed by atoms with E-state index in [-0.39, 0.29) is 0 Å². The molecule has 0 saturated carbocycles. The van der Waals surface area contributed by atoms with Crippen LogP contribution in [0.25, 0.3) is 10.8 Å². The van der Waals surface area contributed by atoms with E-state index in [2.05, 4.69) is 28.9 Å². The van der Waals surface area contributed by atoms with Crippen molar-refractivity contribution in [2.75, 3.05) is 18.0 Å². The first-order valence-electron chi connectivity index (χ1n) is 7.54. The Bertz CT molecular complexity index is 534. The zero-order valence-corrected chi connectivity index (χ0v) is 13.9. The van der Waals surface area contributed by atoms with Crippen molar-refractivity contribution in [1.29, 1.82) is 0 Å². The molecule has 3 rings (SSSR count). The van der Waals surface area contributed by atoms with Crippen LogP contribution in [0.5, 0.6) is 0 Å². The van der Waals surface area contributed by atoms with E-state index in [1.807, 2.05) is 45.9 Å². The summed E-state index contributed by atoms with van der Waals surface area (Å²) >= 11 is 6.05. The first-order valence-corrected chi connectivity index (χ1v) is 7.92. The second-order valence-electron chi connectivity index (χ2n) is 4.50. The standard InChI is InChI=1S/C13H13ClN2.2C2H6/c1-9-7-16(8-9)13-11-5-3-2-4-10(11)6-12(14)15-13;2*1-2/h2-6,9H,7-8H2,1H3;2*1-2H3. The van der Waals surface area contributed by atoms with Gasteiger partial charge in [-0.05, 0) is 17.4 Å². The summed E-state index contributed by atoms with van der Waals surface area (Å²) in [6.07, 6.45) is 0. The molecule has 1 aromatic carbocycles. The van der Waals surface area contributed by atoms with Gasteiger partial charge in [0.25, 0.3) is 0 Å². The zero-order valence-electron chi connectivity index (χ0n) is 13.2. The zero-order chi connectivity index (χ0) is 15.1. The molecule has 0 bridgehead atoms. The molecule has 1 aliphatic rings. The molecular weight excluding hydrogens is 268 g/mol. The first-order chi connectivity index (χ1) is 9.74. The number of hydrogen-bond acceptors (Lipinski definition) is 2. The van der Waals surface area contributed by atoms with Gasteiger partial charge in [-0.25, -0.2) is 4.98 Å². The number of halogens is 1. The summed E-state index contributed by atoms with van der Waals surface area (Å²) in [7, 11) is 0. The molecule has 0 amide bonds. The monoisotopic (exact) mass is 292 g/mol. The average Bonchev–Trinajstić information content (AvgIpc) is 2.47. The fourth-order valence-corrected chi connectivity index (χ4v) is 2.46. The van der Waals surface area contributed by atoms with Crippen molar-refractivity contribution in [3.8, 4) is 0 Å². The molecule has 0 aliphatic carbocycles. The maximum absolute atomic E-state index is 6.05. The summed E-state index contributed by atoms with van der Waals surface area (Å²) in [5.41, 5.74) is 0. The van der Waals surface area contributed by atoms with Gasteiger partial charge < -0.3 is 4.90 Å². The number of anilines is 1. The molecule has 20 heavy (non-hydrogen) atoms. The lowest BCUT2D eigenvalue weighted by Gasteiger charge is -2.38. The third-order valence-corrected chi connectivity index (χ3v) is 3.25. The Labute approximate surface area is 127 Å². The lowest BCUT2D eigenvalue weighted by Crippen LogP contribution is -2.45. The van der Waals surface area contributed by atoms with Crippen LogP contribution in [-0.4, -0.2) is 18.1 Å². The van der Waals surface area contributed by atoms with Crippen molar-refractivity contribution in [1.82, 2.24) is 4.98 Å². The van der Waals surface area contributed by atoms with E-state index in [0.717, 1.165) is 30.2 Å². The normalized spacial score (nSPS) is 13.8. The lowest BCUT2D eigenvalue weighted by atomic mass is 10.0. The molecule has 0 spiro atoms. The summed E-state index contributed by atoms with van der Waals surface area (Å²) in [5, 5.41) is 2.93. The van der Waals surface area contributed by atoms with Crippen LogP contribution in [0.3, 0.4) is 0 Å². The van der Waals surface area contributed by atoms with Crippen LogP contribution in [0.1, 0.15) is 34.6 Å². The van der Waals surface area contributed by atoms with Crippen molar-refractivity contribution >= 4 is 28.2 Å². The minimum Gasteiger partial charge on any atom is -0.355 e. The van der Waals surface area contributed by atoms with E-state index in [1.54, 1.807) is 0 Å². The van der Waals surface area contributed by atoms with Crippen molar-refractivity contribution in [3.05, 3.63) is 35.5 Å². The van der Waals surface area contributed by atoms with Crippen LogP contribution >= 0.6 is 11.6 Å². The van der Waals surface area contributed by atoms with Crippen LogP contribution in [0.15, 0.2) is 30.3 Å². The minimum absolute atomic E-state index is 0.577. The highest BCUT2D eigenvalue weighted by Gasteiger charge is 2.25. The molecule has 1 saturated heterocycles. The van der Waals surface area contributed by atoms with Crippen LogP contribution in [0, 0.1) is 5.92 Å². The molecule has 0 radical (unpaired) electrons. The van der Waals surface area contributed by atoms with Gasteiger partial charge in [0, 0.05) is 18.5 Å². The highest BCUT2D eigenvalue weighted by molar-refractivity contribution is 6.30. The molecule has 2 nitrogen and oxygen atoms in total. The van der Waals surface area contributed by atoms with Gasteiger partial charge in [0.1, 0.15) is 11.0 Å². The van der Waals surface area contributed by atoms with Gasteiger partial charge in [0.05, 0.1) is 0 Å². The van der Waals surface area contributed by atoms with Crippen LogP contribution < -0.4 is 4.90 Å². The van der Waals surface area contributed by atoms with Crippen LogP contribution in [0.4, 0.5) is 5.82 Å². The lowest BCUT2D eigenvalue weighted by molar-refractivity contribution is 0.445. The smallest absolute Gasteiger partial charge is 0.138 e. The third kappa shape index (κ3) is 3.63. The van der Waals surface area contributed by atoms with E-state index in [0.29, 0.717) is 5.15 Å². The summed E-state index contributed by atoms with van der Waals surface area (Å²) < 4.78 is 0. The molecule has 1 aromatic heterocycles. The third-order valence-electron chi connectivity index (χ3n) is 3.05. The Hall–Kier alpha value is -1.28. The molecule has 110 valence electrons. The number of pyridine rings is 1. The predicted octanol–water partition coefficient (Wildman–Crippen LogP) is 5.40. The molecule has 2 aromatic rings. The van der Waals surface area contributed by atoms with E-state index in [4.69, 9.17) is 11.6 Å². The van der Waals surface area contributed by atoms with E-state index in [1.165, 1.54) is 5.39 Å². The topological polar surface area (TPSA) is 16.1 Å². The molecule has 0 N–H and O–H groups in total. The van der Waals surface area contributed by atoms with E-state index >= 15 is 0 Å². The fourth-order valence-electron chi connectivity index (χ4n) is 2.26. The van der Waals surface area contributed by atoms with Crippen molar-refractivity contribution in [2.24, 2.45) is 5.92 Å². The maximum Gasteiger partial charge on any atom is 0.138 e. The highest BCUT2D eigenvalue weighted by Crippen LogP contribution is 2.31. The van der Waals surface area contributed by atoms with Gasteiger partial charge in [0.2, 0.25) is 0 Å². The van der Waals surface area contributed by atoms with Crippen LogP contribution in [-0.2, 0) is 0 Å². The summed E-state index contributed by atoms with van der Waals surface area (Å²) in [6, 6.07) is 10.2. The van der Waals surface area contributed by atoms with Gasteiger partial charge in [0.15, 0.2) is 0 Å². The minimum atomic E-state index is 0.577. The number of hydrogen-bond donors (Lipinski definition) is 0. The Morgan fingerprint density at radius 3 is 2.30 bits per heavy atom. The van der Waals surface area contributed by atoms with Crippen molar-refractivity contribution < 1.29 is 0 Å². The van der Waals surface area contributed by atoms with Gasteiger partial charge in [-0.1, -0.05) is 70.5 Å². The number of fused-ring (bicyclic) bond motifs is 1. The Balaban J connectivity index is 0.000000461. The predicted molar refractivity (Wildman–Crippen MR) is 90.8 cm³/mol. The molecule has 0 atom stereocenters. The van der Waals surface area contributed by atoms with Gasteiger partial charge in [-0.3, -0.25) is 0 Å². The second kappa shape index (κ2) is 8.11. The number of aromatic nitrogens is 1. The SMILES string of the molecule is CC.CC.CC1CN(c2nc(Cl)cc3ccccc23)C1. The van der Waals surface area contributed by atoms with Crippen LogP contribution in [0.2, 0.25) is 5.15 Å². The Kier molecular flexibility index (Phi) is 6.80. The molecule has 1 fully saturated rings. The molecule has 2 heterocycles. The number of nitrogens with zero attached hydrogens (tertiary/aromatic N) is 2. The average molecular weight is 293 g/mol. The van der Waals surface area contributed by atoms with Gasteiger partial charge in [-0.15, -0.1) is 0 Å². The first kappa shape index (κ1) is 16.8. The van der Waals surface area contributed by atoms with Gasteiger partial charge >= 0.3 is 0 Å². The van der Waals surface area contributed by atoms with Crippen molar-refractivity contribution in [3.63, 3.8) is 0 Å². The number of rotatable bonds is 1. The molecular formula is C17H25ClN2. The summed E-state index contributed by atoms with van der Waals surface area (Å²) in [4.78, 5) is 6.74. The summed E-state index contributed by atoms with van der Waals surface area (Å²) in [6.45, 7) is 12.4. The molecule has 1 aliphatic heterocycles. The molecule has 0 unspecified atom stereocenters. The maximum atomic E-state index is 6.05.